The molecule has 134 valence electrons. The van der Waals surface area contributed by atoms with Crippen molar-refractivity contribution in [1.82, 2.24) is 9.97 Å². The zero-order chi connectivity index (χ0) is 18.5. The summed E-state index contributed by atoms with van der Waals surface area (Å²) in [4.78, 5) is 8.63. The molecule has 2 aromatic carbocycles. The molecule has 1 N–H and O–H groups in total. The minimum absolute atomic E-state index is 0.247. The standard InChI is InChI=1S/C20H20ClN3O2/c1-13-9-10-16(25-3)14(2)18(13)24-20-19(21)23-17(11-22-20)26-12-15-7-5-4-6-8-15/h4-11H,12H2,1-3H3,(H,22,24). The van der Waals surface area contributed by atoms with E-state index < -0.39 is 0 Å². The first-order valence-corrected chi connectivity index (χ1v) is 8.56. The summed E-state index contributed by atoms with van der Waals surface area (Å²) < 4.78 is 11.0. The highest BCUT2D eigenvalue weighted by atomic mass is 35.5. The molecule has 6 heteroatoms. The van der Waals surface area contributed by atoms with E-state index in [0.717, 1.165) is 28.1 Å². The third-order valence-electron chi connectivity index (χ3n) is 4.02. The molecule has 26 heavy (non-hydrogen) atoms. The Balaban J connectivity index is 1.76. The number of hydrogen-bond acceptors (Lipinski definition) is 5. The van der Waals surface area contributed by atoms with Crippen LogP contribution in [0, 0.1) is 13.8 Å². The van der Waals surface area contributed by atoms with E-state index in [4.69, 9.17) is 21.1 Å². The Bertz CT molecular complexity index is 901. The summed E-state index contributed by atoms with van der Waals surface area (Å²) in [7, 11) is 1.65. The van der Waals surface area contributed by atoms with E-state index in [1.165, 1.54) is 0 Å². The largest absolute Gasteiger partial charge is 0.496 e. The number of halogens is 1. The van der Waals surface area contributed by atoms with Gasteiger partial charge in [-0.1, -0.05) is 48.0 Å². The van der Waals surface area contributed by atoms with E-state index in [9.17, 15) is 0 Å². The van der Waals surface area contributed by atoms with Gasteiger partial charge in [0.05, 0.1) is 13.3 Å². The fraction of sp³-hybridized carbons (Fsp3) is 0.200. The second kappa shape index (κ2) is 8.06. The van der Waals surface area contributed by atoms with E-state index in [1.54, 1.807) is 13.3 Å². The molecule has 0 aliphatic carbocycles. The van der Waals surface area contributed by atoms with E-state index in [1.807, 2.05) is 56.3 Å². The maximum Gasteiger partial charge on any atom is 0.234 e. The number of aromatic nitrogens is 2. The second-order valence-corrected chi connectivity index (χ2v) is 6.19. The molecule has 0 bridgehead atoms. The van der Waals surface area contributed by atoms with Crippen molar-refractivity contribution in [2.75, 3.05) is 12.4 Å². The number of nitrogens with one attached hydrogen (secondary N) is 1. The van der Waals surface area contributed by atoms with Crippen LogP contribution < -0.4 is 14.8 Å². The van der Waals surface area contributed by atoms with E-state index in [0.29, 0.717) is 18.3 Å². The van der Waals surface area contributed by atoms with E-state index in [2.05, 4.69) is 15.3 Å². The molecule has 0 spiro atoms. The topological polar surface area (TPSA) is 56.3 Å². The lowest BCUT2D eigenvalue weighted by atomic mass is 10.1. The minimum Gasteiger partial charge on any atom is -0.496 e. The Morgan fingerprint density at radius 1 is 1.08 bits per heavy atom. The maximum atomic E-state index is 6.29. The van der Waals surface area contributed by atoms with Gasteiger partial charge in [-0.3, -0.25) is 0 Å². The van der Waals surface area contributed by atoms with Gasteiger partial charge in [0.25, 0.3) is 0 Å². The van der Waals surface area contributed by atoms with Crippen molar-refractivity contribution in [3.8, 4) is 11.6 Å². The summed E-state index contributed by atoms with van der Waals surface area (Å²) in [6.45, 7) is 4.40. The molecular weight excluding hydrogens is 350 g/mol. The Labute approximate surface area is 158 Å². The van der Waals surface area contributed by atoms with Gasteiger partial charge >= 0.3 is 0 Å². The molecule has 0 saturated heterocycles. The average molecular weight is 370 g/mol. The van der Waals surface area contributed by atoms with E-state index >= 15 is 0 Å². The molecule has 3 aromatic rings. The second-order valence-electron chi connectivity index (χ2n) is 5.83. The summed E-state index contributed by atoms with van der Waals surface area (Å²) >= 11 is 6.29. The van der Waals surface area contributed by atoms with Crippen LogP contribution in [0.3, 0.4) is 0 Å². The Kier molecular flexibility index (Phi) is 5.58. The molecule has 0 saturated carbocycles. The first kappa shape index (κ1) is 18.0. The lowest BCUT2D eigenvalue weighted by Gasteiger charge is -2.15. The molecule has 1 heterocycles. The van der Waals surface area contributed by atoms with Crippen LogP contribution in [0.15, 0.2) is 48.7 Å². The highest BCUT2D eigenvalue weighted by molar-refractivity contribution is 6.31. The Morgan fingerprint density at radius 2 is 1.85 bits per heavy atom. The van der Waals surface area contributed by atoms with Crippen LogP contribution in [0.2, 0.25) is 5.15 Å². The molecule has 5 nitrogen and oxygen atoms in total. The number of benzene rings is 2. The number of ether oxygens (including phenoxy) is 2. The first-order chi connectivity index (χ1) is 12.6. The van der Waals surface area contributed by atoms with Crippen LogP contribution in [-0.2, 0) is 6.61 Å². The van der Waals surface area contributed by atoms with Crippen LogP contribution in [0.4, 0.5) is 11.5 Å². The summed E-state index contributed by atoms with van der Waals surface area (Å²) in [5.41, 5.74) is 3.99. The van der Waals surface area contributed by atoms with Gasteiger partial charge in [-0.15, -0.1) is 0 Å². The number of methoxy groups -OCH3 is 1. The monoisotopic (exact) mass is 369 g/mol. The predicted molar refractivity (Wildman–Crippen MR) is 104 cm³/mol. The fourth-order valence-corrected chi connectivity index (χ4v) is 2.78. The van der Waals surface area contributed by atoms with E-state index in [-0.39, 0.29) is 5.15 Å². The Morgan fingerprint density at radius 3 is 2.54 bits per heavy atom. The molecule has 0 radical (unpaired) electrons. The van der Waals surface area contributed by atoms with Gasteiger partial charge in [0, 0.05) is 11.3 Å². The van der Waals surface area contributed by atoms with Crippen molar-refractivity contribution < 1.29 is 9.47 Å². The molecule has 0 amide bonds. The van der Waals surface area contributed by atoms with Gasteiger partial charge < -0.3 is 14.8 Å². The maximum absolute atomic E-state index is 6.29. The third kappa shape index (κ3) is 4.06. The lowest BCUT2D eigenvalue weighted by molar-refractivity contribution is 0.292. The first-order valence-electron chi connectivity index (χ1n) is 8.19. The quantitative estimate of drug-likeness (QED) is 0.656. The molecule has 0 aliphatic rings. The molecule has 0 unspecified atom stereocenters. The van der Waals surface area contributed by atoms with Crippen molar-refractivity contribution in [3.63, 3.8) is 0 Å². The van der Waals surface area contributed by atoms with Crippen molar-refractivity contribution in [2.24, 2.45) is 0 Å². The lowest BCUT2D eigenvalue weighted by Crippen LogP contribution is -2.03. The number of nitrogens with zero attached hydrogens (tertiary/aromatic N) is 2. The van der Waals surface area contributed by atoms with Crippen LogP contribution in [0.5, 0.6) is 11.6 Å². The number of anilines is 2. The predicted octanol–water partition coefficient (Wildman–Crippen LogP) is 5.08. The molecule has 0 aliphatic heterocycles. The number of aryl methyl sites for hydroxylation is 1. The van der Waals surface area contributed by atoms with Gasteiger partial charge in [0.1, 0.15) is 12.4 Å². The third-order valence-corrected chi connectivity index (χ3v) is 4.29. The molecule has 0 fully saturated rings. The zero-order valence-corrected chi connectivity index (χ0v) is 15.7. The molecular formula is C20H20ClN3O2. The van der Waals surface area contributed by atoms with Gasteiger partial charge in [0.15, 0.2) is 11.0 Å². The van der Waals surface area contributed by atoms with Crippen molar-refractivity contribution in [1.29, 1.82) is 0 Å². The molecule has 1 aromatic heterocycles. The van der Waals surface area contributed by atoms with Gasteiger partial charge in [0.2, 0.25) is 5.88 Å². The highest BCUT2D eigenvalue weighted by Gasteiger charge is 2.12. The summed E-state index contributed by atoms with van der Waals surface area (Å²) in [6, 6.07) is 13.8. The SMILES string of the molecule is COc1ccc(C)c(Nc2ncc(OCc3ccccc3)nc2Cl)c1C. The molecule has 0 atom stereocenters. The minimum atomic E-state index is 0.247. The normalized spacial score (nSPS) is 10.5. The molecule has 3 rings (SSSR count). The fourth-order valence-electron chi connectivity index (χ4n) is 2.60. The number of rotatable bonds is 6. The van der Waals surface area contributed by atoms with Gasteiger partial charge in [-0.25, -0.2) is 4.98 Å². The highest BCUT2D eigenvalue weighted by Crippen LogP contribution is 2.32. The van der Waals surface area contributed by atoms with Gasteiger partial charge in [-0.2, -0.15) is 4.98 Å². The van der Waals surface area contributed by atoms with Crippen molar-refractivity contribution in [2.45, 2.75) is 20.5 Å². The summed E-state index contributed by atoms with van der Waals surface area (Å²) in [5, 5.41) is 3.49. The van der Waals surface area contributed by atoms with Crippen LogP contribution in [0.1, 0.15) is 16.7 Å². The Hall–Kier alpha value is -2.79. The smallest absolute Gasteiger partial charge is 0.234 e. The van der Waals surface area contributed by atoms with Crippen LogP contribution in [0.25, 0.3) is 0 Å². The van der Waals surface area contributed by atoms with Crippen LogP contribution in [-0.4, -0.2) is 17.1 Å². The number of hydrogen-bond donors (Lipinski definition) is 1. The van der Waals surface area contributed by atoms with Gasteiger partial charge in [-0.05, 0) is 31.0 Å². The zero-order valence-electron chi connectivity index (χ0n) is 14.9. The average Bonchev–Trinajstić information content (AvgIpc) is 2.66. The summed E-state index contributed by atoms with van der Waals surface area (Å²) in [5.74, 6) is 1.65. The summed E-state index contributed by atoms with van der Waals surface area (Å²) in [6.07, 6.45) is 1.56. The van der Waals surface area contributed by atoms with Crippen molar-refractivity contribution >= 4 is 23.1 Å². The van der Waals surface area contributed by atoms with Crippen LogP contribution >= 0.6 is 11.6 Å². The van der Waals surface area contributed by atoms with Crippen molar-refractivity contribution in [3.05, 3.63) is 70.5 Å².